The van der Waals surface area contributed by atoms with Crippen LogP contribution in [0.5, 0.6) is 0 Å². The third-order valence-corrected chi connectivity index (χ3v) is 12.8. The van der Waals surface area contributed by atoms with E-state index in [1.165, 1.54) is 109 Å². The fraction of sp³-hybridized carbons (Fsp3) is 0.0588. The summed E-state index contributed by atoms with van der Waals surface area (Å²) >= 11 is 0. The van der Waals surface area contributed by atoms with Gasteiger partial charge in [0.25, 0.3) is 0 Å². The Bertz CT molecular complexity index is 2890. The molecule has 2 N–H and O–H groups in total. The van der Waals surface area contributed by atoms with Gasteiger partial charge >= 0.3 is 185 Å². The van der Waals surface area contributed by atoms with E-state index >= 15 is 0 Å². The number of nitrogens with zero attached hydrogens (tertiary/aromatic N) is 2. The maximum absolute atomic E-state index is 6.29. The SMILES string of the molecule is Cc1ccc2c(c1)C1(c3ccccc3-2)c2ccccc2-c2ccc(N)cc21.[B]B=Nc1ccc2c(c1)C1(c3ccccc3-2)c2ccccc2-c2ccc(N=B[B])cc21. The van der Waals surface area contributed by atoms with Crippen LogP contribution in [0.4, 0.5) is 17.1 Å². The van der Waals surface area contributed by atoms with E-state index in [1.807, 2.05) is 18.2 Å². The van der Waals surface area contributed by atoms with Gasteiger partial charge in [-0.3, -0.25) is 0 Å². The summed E-state index contributed by atoms with van der Waals surface area (Å²) < 4.78 is 0. The van der Waals surface area contributed by atoms with Crippen LogP contribution in [-0.4, -0.2) is 29.4 Å². The van der Waals surface area contributed by atoms with Crippen molar-refractivity contribution in [1.82, 2.24) is 0 Å². The molecule has 0 saturated carbocycles. The summed E-state index contributed by atoms with van der Waals surface area (Å²) in [5.74, 6) is 0. The van der Waals surface area contributed by atoms with Gasteiger partial charge in [-0.2, -0.15) is 0 Å². The van der Waals surface area contributed by atoms with Crippen LogP contribution in [0.25, 0.3) is 44.5 Å². The predicted molar refractivity (Wildman–Crippen MR) is 242 cm³/mol. The van der Waals surface area contributed by atoms with Crippen LogP contribution >= 0.6 is 0 Å². The molecule has 58 heavy (non-hydrogen) atoms. The van der Waals surface area contributed by atoms with Gasteiger partial charge in [0.1, 0.15) is 0 Å². The van der Waals surface area contributed by atoms with Crippen LogP contribution in [0.2, 0.25) is 0 Å². The molecule has 0 amide bonds. The molecule has 12 rings (SSSR count). The first-order valence-electron chi connectivity index (χ1n) is 19.7. The fourth-order valence-electron chi connectivity index (χ4n) is 10.7. The number of aryl methyl sites for hydroxylation is 1. The molecular formula is C51H33B4N3. The van der Waals surface area contributed by atoms with Crippen LogP contribution in [0.15, 0.2) is 180 Å². The topological polar surface area (TPSA) is 50.7 Å². The van der Waals surface area contributed by atoms with Crippen molar-refractivity contribution in [2.75, 3.05) is 5.73 Å². The molecule has 0 aromatic heterocycles. The average molecular weight is 731 g/mol. The summed E-state index contributed by atoms with van der Waals surface area (Å²) in [5.41, 5.74) is 30.0. The van der Waals surface area contributed by atoms with Gasteiger partial charge in [-0.1, -0.05) is 78.4 Å². The van der Waals surface area contributed by atoms with Gasteiger partial charge in [0, 0.05) is 5.69 Å². The number of anilines is 1. The standard InChI is InChI=1S/C26H19N.C25H14B4N2/c1-16-10-12-20-18-6-2-4-8-22(18)26(24(20)14-16)23-9-5-3-7-19(23)21-13-11-17(27)15-25(21)26;26-28-30-15-9-11-19-17-5-1-3-7-21(17)25(23(19)13-15)22-8-4-2-6-18(22)20-12-10-16(31-29-27)14-24(20)25/h2-15H,27H2,1H3;1-14H. The molecule has 7 heteroatoms. The van der Waals surface area contributed by atoms with Gasteiger partial charge in [-0.25, -0.2) is 0 Å². The second-order valence-electron chi connectivity index (χ2n) is 15.6. The van der Waals surface area contributed by atoms with E-state index in [4.69, 9.17) is 21.2 Å². The van der Waals surface area contributed by atoms with Crippen molar-refractivity contribution in [2.24, 2.45) is 9.79 Å². The van der Waals surface area contributed by atoms with Gasteiger partial charge in [0.2, 0.25) is 0 Å². The first kappa shape index (κ1) is 34.7. The molecule has 0 saturated heterocycles. The molecule has 0 aliphatic heterocycles. The van der Waals surface area contributed by atoms with E-state index in [0.717, 1.165) is 17.1 Å². The van der Waals surface area contributed by atoms with E-state index in [9.17, 15) is 0 Å². The third kappa shape index (κ3) is 4.56. The number of nitrogens with two attached hydrogens (primary N) is 1. The van der Waals surface area contributed by atoms with Crippen LogP contribution in [-0.2, 0) is 10.8 Å². The number of fused-ring (bicyclic) bond motifs is 20. The minimum absolute atomic E-state index is 0.279. The van der Waals surface area contributed by atoms with Gasteiger partial charge in [0.05, 0.1) is 5.41 Å². The number of benzene rings is 8. The molecule has 0 fully saturated rings. The monoisotopic (exact) mass is 731 g/mol. The zero-order valence-electron chi connectivity index (χ0n) is 31.9. The molecule has 4 radical (unpaired) electrons. The number of hydrogen-bond acceptors (Lipinski definition) is 3. The fourth-order valence-corrected chi connectivity index (χ4v) is 10.7. The molecule has 4 aliphatic rings. The molecule has 4 aliphatic carbocycles. The van der Waals surface area contributed by atoms with E-state index in [-0.39, 0.29) is 5.41 Å². The van der Waals surface area contributed by atoms with Crippen molar-refractivity contribution in [2.45, 2.75) is 17.8 Å². The van der Waals surface area contributed by atoms with E-state index in [0.29, 0.717) is 0 Å². The Morgan fingerprint density at radius 1 is 0.379 bits per heavy atom. The Morgan fingerprint density at radius 3 is 1.12 bits per heavy atom. The van der Waals surface area contributed by atoms with Crippen molar-refractivity contribution in [3.63, 3.8) is 0 Å². The number of nitrogen functional groups attached to an aromatic ring is 1. The van der Waals surface area contributed by atoms with Crippen molar-refractivity contribution >= 4 is 46.5 Å². The second kappa shape index (κ2) is 13.0. The molecule has 3 nitrogen and oxygen atoms in total. The molecule has 8 aromatic carbocycles. The number of rotatable bonds is 2. The third-order valence-electron chi connectivity index (χ3n) is 12.8. The Balaban J connectivity index is 0.000000134. The number of hydrogen-bond donors (Lipinski definition) is 1. The molecule has 0 heterocycles. The summed E-state index contributed by atoms with van der Waals surface area (Å²) in [5, 5.41) is 0. The summed E-state index contributed by atoms with van der Waals surface area (Å²) in [4.78, 5) is 8.75. The zero-order valence-corrected chi connectivity index (χ0v) is 31.9. The van der Waals surface area contributed by atoms with Crippen molar-refractivity contribution in [1.29, 1.82) is 0 Å². The average Bonchev–Trinajstić information content (AvgIpc) is 3.92. The predicted octanol–water partition coefficient (Wildman–Crippen LogP) is 11.2. The molecule has 1 unspecified atom stereocenters. The Morgan fingerprint density at radius 2 is 0.707 bits per heavy atom. The summed E-state index contributed by atoms with van der Waals surface area (Å²) in [6.45, 7) is 4.88. The first-order chi connectivity index (χ1) is 28.5. The van der Waals surface area contributed by atoms with Crippen molar-refractivity contribution < 1.29 is 0 Å². The van der Waals surface area contributed by atoms with Gasteiger partial charge in [-0.15, -0.1) is 0 Å². The summed E-state index contributed by atoms with van der Waals surface area (Å²) in [6.07, 6.45) is 0. The van der Waals surface area contributed by atoms with E-state index < -0.39 is 5.41 Å². The molecule has 1 atom stereocenters. The van der Waals surface area contributed by atoms with Crippen LogP contribution in [0.3, 0.4) is 0 Å². The van der Waals surface area contributed by atoms with Crippen LogP contribution in [0.1, 0.15) is 50.1 Å². The Kier molecular flexibility index (Phi) is 7.75. The normalized spacial score (nSPS) is 17.7. The quantitative estimate of drug-likeness (QED) is 0.140. The maximum atomic E-state index is 6.29. The second-order valence-corrected chi connectivity index (χ2v) is 15.6. The van der Waals surface area contributed by atoms with Gasteiger partial charge in [0.15, 0.2) is 0 Å². The van der Waals surface area contributed by atoms with E-state index in [1.54, 1.807) is 0 Å². The minimum atomic E-state index is -0.432. The van der Waals surface area contributed by atoms with Crippen molar-refractivity contribution in [3.05, 3.63) is 220 Å². The molecule has 8 aromatic rings. The van der Waals surface area contributed by atoms with E-state index in [2.05, 4.69) is 168 Å². The zero-order chi connectivity index (χ0) is 39.2. The Hall–Kier alpha value is -6.58. The summed E-state index contributed by atoms with van der Waals surface area (Å²) in [6, 6.07) is 61.0. The van der Waals surface area contributed by atoms with Gasteiger partial charge in [-0.05, 0) is 63.6 Å². The molecular weight excluding hydrogens is 698 g/mol. The molecule has 0 bridgehead atoms. The van der Waals surface area contributed by atoms with Gasteiger partial charge < -0.3 is 5.73 Å². The van der Waals surface area contributed by atoms with Crippen LogP contribution in [0, 0.1) is 6.92 Å². The first-order valence-corrected chi connectivity index (χ1v) is 19.7. The molecule has 2 spiro atoms. The summed E-state index contributed by atoms with van der Waals surface area (Å²) in [7, 11) is 11.2. The molecule has 264 valence electrons. The van der Waals surface area contributed by atoms with Crippen LogP contribution < -0.4 is 5.73 Å². The Labute approximate surface area is 342 Å². The van der Waals surface area contributed by atoms with Crippen molar-refractivity contribution in [3.8, 4) is 44.5 Å².